The predicted molar refractivity (Wildman–Crippen MR) is 70.7 cm³/mol. The SMILES string of the molecule is N#CCc1cc(Cl)nc(-c2cccc(OC(F)(F)F)c2)c1. The maximum atomic E-state index is 12.2. The number of aromatic nitrogens is 1. The fourth-order valence-corrected chi connectivity index (χ4v) is 1.97. The van der Waals surface area contributed by atoms with Crippen LogP contribution in [-0.4, -0.2) is 11.3 Å². The molecule has 1 heterocycles. The number of rotatable bonds is 3. The van der Waals surface area contributed by atoms with Crippen molar-refractivity contribution in [3.05, 3.63) is 47.1 Å². The Bertz CT molecular complexity index is 695. The molecule has 0 aliphatic carbocycles. The Labute approximate surface area is 123 Å². The zero-order valence-electron chi connectivity index (χ0n) is 10.5. The van der Waals surface area contributed by atoms with Crippen molar-refractivity contribution in [3.63, 3.8) is 0 Å². The maximum Gasteiger partial charge on any atom is 0.573 e. The molecular weight excluding hydrogens is 305 g/mol. The van der Waals surface area contributed by atoms with Crippen molar-refractivity contribution in [1.82, 2.24) is 4.98 Å². The number of benzene rings is 1. The van der Waals surface area contributed by atoms with E-state index in [1.807, 2.05) is 6.07 Å². The zero-order chi connectivity index (χ0) is 15.5. The molecule has 0 atom stereocenters. The molecule has 0 saturated carbocycles. The first-order valence-corrected chi connectivity index (χ1v) is 6.15. The third-order valence-corrected chi connectivity index (χ3v) is 2.69. The summed E-state index contributed by atoms with van der Waals surface area (Å²) in [7, 11) is 0. The summed E-state index contributed by atoms with van der Waals surface area (Å²) in [5.74, 6) is -0.344. The fourth-order valence-electron chi connectivity index (χ4n) is 1.74. The quantitative estimate of drug-likeness (QED) is 0.791. The van der Waals surface area contributed by atoms with Crippen molar-refractivity contribution in [1.29, 1.82) is 5.26 Å². The molecule has 7 heteroatoms. The van der Waals surface area contributed by atoms with Crippen molar-refractivity contribution in [2.75, 3.05) is 0 Å². The van der Waals surface area contributed by atoms with Gasteiger partial charge in [-0.3, -0.25) is 0 Å². The summed E-state index contributed by atoms with van der Waals surface area (Å²) in [6.45, 7) is 0. The first kappa shape index (κ1) is 15.1. The monoisotopic (exact) mass is 312 g/mol. The fraction of sp³-hybridized carbons (Fsp3) is 0.143. The Balaban J connectivity index is 2.38. The number of hydrogen-bond acceptors (Lipinski definition) is 3. The highest BCUT2D eigenvalue weighted by atomic mass is 35.5. The van der Waals surface area contributed by atoms with Crippen LogP contribution in [0.4, 0.5) is 13.2 Å². The predicted octanol–water partition coefficient (Wildman–Crippen LogP) is 4.37. The van der Waals surface area contributed by atoms with Crippen molar-refractivity contribution in [3.8, 4) is 23.1 Å². The van der Waals surface area contributed by atoms with Gasteiger partial charge >= 0.3 is 6.36 Å². The van der Waals surface area contributed by atoms with Crippen LogP contribution in [0.25, 0.3) is 11.3 Å². The van der Waals surface area contributed by atoms with Gasteiger partial charge in [-0.05, 0) is 29.8 Å². The summed E-state index contributed by atoms with van der Waals surface area (Å²) in [4.78, 5) is 4.04. The lowest BCUT2D eigenvalue weighted by Gasteiger charge is -2.10. The van der Waals surface area contributed by atoms with E-state index in [1.165, 1.54) is 24.3 Å². The van der Waals surface area contributed by atoms with Crippen molar-refractivity contribution < 1.29 is 17.9 Å². The second-order valence-electron chi connectivity index (χ2n) is 4.09. The van der Waals surface area contributed by atoms with E-state index in [4.69, 9.17) is 16.9 Å². The molecule has 108 valence electrons. The van der Waals surface area contributed by atoms with Crippen LogP contribution < -0.4 is 4.74 Å². The van der Waals surface area contributed by atoms with Gasteiger partial charge in [0.25, 0.3) is 0 Å². The average molecular weight is 313 g/mol. The van der Waals surface area contributed by atoms with E-state index in [1.54, 1.807) is 12.1 Å². The van der Waals surface area contributed by atoms with Gasteiger partial charge in [0.15, 0.2) is 0 Å². The molecule has 0 radical (unpaired) electrons. The summed E-state index contributed by atoms with van der Waals surface area (Å²) in [5.41, 5.74) is 1.42. The minimum atomic E-state index is -4.76. The highest BCUT2D eigenvalue weighted by molar-refractivity contribution is 6.29. The number of alkyl halides is 3. The number of nitriles is 1. The third kappa shape index (κ3) is 4.36. The average Bonchev–Trinajstić information content (AvgIpc) is 2.36. The van der Waals surface area contributed by atoms with E-state index < -0.39 is 6.36 Å². The Morgan fingerprint density at radius 3 is 2.67 bits per heavy atom. The van der Waals surface area contributed by atoms with Gasteiger partial charge in [-0.1, -0.05) is 23.7 Å². The minimum Gasteiger partial charge on any atom is -0.406 e. The van der Waals surface area contributed by atoms with E-state index >= 15 is 0 Å². The molecule has 0 amide bonds. The van der Waals surface area contributed by atoms with Crippen LogP contribution in [-0.2, 0) is 6.42 Å². The Hall–Kier alpha value is -2.26. The van der Waals surface area contributed by atoms with Gasteiger partial charge in [0, 0.05) is 5.56 Å². The summed E-state index contributed by atoms with van der Waals surface area (Å²) in [6.07, 6.45) is -4.62. The lowest BCUT2D eigenvalue weighted by molar-refractivity contribution is -0.274. The molecule has 0 saturated heterocycles. The van der Waals surface area contributed by atoms with Crippen LogP contribution in [0.1, 0.15) is 5.56 Å². The van der Waals surface area contributed by atoms with E-state index in [-0.39, 0.29) is 17.3 Å². The van der Waals surface area contributed by atoms with Gasteiger partial charge in [-0.25, -0.2) is 4.98 Å². The van der Waals surface area contributed by atoms with Gasteiger partial charge in [0.1, 0.15) is 10.9 Å². The molecular formula is C14H8ClF3N2O. The number of pyridine rings is 1. The van der Waals surface area contributed by atoms with Gasteiger partial charge in [0.05, 0.1) is 18.2 Å². The standard InChI is InChI=1S/C14H8ClF3N2O/c15-13-7-9(4-5-19)6-12(20-13)10-2-1-3-11(8-10)21-14(16,17)18/h1-3,6-8H,4H2. The molecule has 0 aliphatic rings. The van der Waals surface area contributed by atoms with E-state index in [2.05, 4.69) is 9.72 Å². The second kappa shape index (κ2) is 6.02. The lowest BCUT2D eigenvalue weighted by atomic mass is 10.1. The second-order valence-corrected chi connectivity index (χ2v) is 4.48. The Morgan fingerprint density at radius 2 is 2.00 bits per heavy atom. The minimum absolute atomic E-state index is 0.133. The molecule has 0 N–H and O–H groups in total. The molecule has 0 unspecified atom stereocenters. The van der Waals surface area contributed by atoms with Gasteiger partial charge < -0.3 is 4.74 Å². The van der Waals surface area contributed by atoms with Crippen molar-refractivity contribution in [2.24, 2.45) is 0 Å². The first-order chi connectivity index (χ1) is 9.87. The summed E-state index contributed by atoms with van der Waals surface area (Å²) in [5, 5.41) is 8.85. The summed E-state index contributed by atoms with van der Waals surface area (Å²) < 4.78 is 40.5. The first-order valence-electron chi connectivity index (χ1n) is 5.77. The maximum absolute atomic E-state index is 12.2. The van der Waals surface area contributed by atoms with E-state index in [0.29, 0.717) is 16.8 Å². The van der Waals surface area contributed by atoms with Crippen molar-refractivity contribution >= 4 is 11.6 Å². The highest BCUT2D eigenvalue weighted by Gasteiger charge is 2.31. The molecule has 2 rings (SSSR count). The lowest BCUT2D eigenvalue weighted by Crippen LogP contribution is -2.17. The summed E-state index contributed by atoms with van der Waals surface area (Å²) in [6, 6.07) is 10.5. The van der Waals surface area contributed by atoms with Gasteiger partial charge in [-0.15, -0.1) is 13.2 Å². The van der Waals surface area contributed by atoms with Crippen LogP contribution in [0.2, 0.25) is 5.15 Å². The zero-order valence-corrected chi connectivity index (χ0v) is 11.2. The molecule has 21 heavy (non-hydrogen) atoms. The van der Waals surface area contributed by atoms with E-state index in [0.717, 1.165) is 0 Å². The van der Waals surface area contributed by atoms with Gasteiger partial charge in [-0.2, -0.15) is 5.26 Å². The van der Waals surface area contributed by atoms with Crippen LogP contribution >= 0.6 is 11.6 Å². The van der Waals surface area contributed by atoms with E-state index in [9.17, 15) is 13.2 Å². The largest absolute Gasteiger partial charge is 0.573 e. The molecule has 0 fully saturated rings. The molecule has 0 spiro atoms. The van der Waals surface area contributed by atoms with Crippen molar-refractivity contribution in [2.45, 2.75) is 12.8 Å². The highest BCUT2D eigenvalue weighted by Crippen LogP contribution is 2.28. The summed E-state index contributed by atoms with van der Waals surface area (Å²) >= 11 is 5.85. The molecule has 1 aromatic heterocycles. The number of ether oxygens (including phenoxy) is 1. The smallest absolute Gasteiger partial charge is 0.406 e. The third-order valence-electron chi connectivity index (χ3n) is 2.50. The number of hydrogen-bond donors (Lipinski definition) is 0. The Kier molecular flexibility index (Phi) is 4.34. The van der Waals surface area contributed by atoms with Crippen LogP contribution in [0, 0.1) is 11.3 Å². The van der Waals surface area contributed by atoms with Crippen LogP contribution in [0.5, 0.6) is 5.75 Å². The molecule has 3 nitrogen and oxygen atoms in total. The van der Waals surface area contributed by atoms with Gasteiger partial charge in [0.2, 0.25) is 0 Å². The molecule has 0 aliphatic heterocycles. The topological polar surface area (TPSA) is 45.9 Å². The molecule has 2 aromatic rings. The normalized spacial score (nSPS) is 11.0. The van der Waals surface area contributed by atoms with Crippen LogP contribution in [0.15, 0.2) is 36.4 Å². The Morgan fingerprint density at radius 1 is 1.24 bits per heavy atom. The molecule has 1 aromatic carbocycles. The number of nitrogens with zero attached hydrogens (tertiary/aromatic N) is 2. The van der Waals surface area contributed by atoms with Crippen LogP contribution in [0.3, 0.4) is 0 Å². The number of halogens is 4. The molecule has 0 bridgehead atoms.